The minimum atomic E-state index is 0.128. The number of rotatable bonds is 4. The van der Waals surface area contributed by atoms with E-state index in [0.717, 1.165) is 5.76 Å². The SMILES string of the molecule is Cc1cnc(CNCC(N)=NO)o1. The van der Waals surface area contributed by atoms with Gasteiger partial charge < -0.3 is 20.7 Å². The van der Waals surface area contributed by atoms with Gasteiger partial charge in [-0.15, -0.1) is 0 Å². The van der Waals surface area contributed by atoms with Crippen molar-refractivity contribution in [3.63, 3.8) is 0 Å². The molecule has 6 heteroatoms. The summed E-state index contributed by atoms with van der Waals surface area (Å²) in [4.78, 5) is 3.97. The molecule has 0 fully saturated rings. The summed E-state index contributed by atoms with van der Waals surface area (Å²) >= 11 is 0. The number of hydrogen-bond acceptors (Lipinski definition) is 5. The number of amidine groups is 1. The van der Waals surface area contributed by atoms with Gasteiger partial charge in [0.05, 0.1) is 19.3 Å². The van der Waals surface area contributed by atoms with Crippen molar-refractivity contribution < 1.29 is 9.62 Å². The molecule has 1 aromatic rings. The predicted molar refractivity (Wildman–Crippen MR) is 46.4 cm³/mol. The van der Waals surface area contributed by atoms with E-state index in [9.17, 15) is 0 Å². The number of oxime groups is 1. The van der Waals surface area contributed by atoms with Gasteiger partial charge in [-0.05, 0) is 6.92 Å². The van der Waals surface area contributed by atoms with Crippen molar-refractivity contribution in [3.8, 4) is 0 Å². The van der Waals surface area contributed by atoms with Crippen LogP contribution in [-0.4, -0.2) is 22.6 Å². The van der Waals surface area contributed by atoms with E-state index in [-0.39, 0.29) is 5.84 Å². The molecule has 0 saturated heterocycles. The highest BCUT2D eigenvalue weighted by molar-refractivity contribution is 5.81. The molecule has 0 aromatic carbocycles. The van der Waals surface area contributed by atoms with E-state index < -0.39 is 0 Å². The van der Waals surface area contributed by atoms with E-state index in [0.29, 0.717) is 19.0 Å². The van der Waals surface area contributed by atoms with Crippen LogP contribution in [0.4, 0.5) is 0 Å². The van der Waals surface area contributed by atoms with Crippen LogP contribution in [0.1, 0.15) is 11.7 Å². The Bertz CT molecular complexity index is 294. The number of nitrogens with one attached hydrogen (secondary N) is 1. The van der Waals surface area contributed by atoms with Gasteiger partial charge in [0.2, 0.25) is 5.89 Å². The summed E-state index contributed by atoms with van der Waals surface area (Å²) in [6.45, 7) is 2.59. The number of oxazole rings is 1. The lowest BCUT2D eigenvalue weighted by atomic mass is 10.5. The second-order valence-electron chi connectivity index (χ2n) is 2.56. The fourth-order valence-electron chi connectivity index (χ4n) is 0.816. The summed E-state index contributed by atoms with van der Waals surface area (Å²) in [6, 6.07) is 0. The van der Waals surface area contributed by atoms with Crippen LogP contribution in [0.3, 0.4) is 0 Å². The number of nitrogens with zero attached hydrogens (tertiary/aromatic N) is 2. The smallest absolute Gasteiger partial charge is 0.208 e. The molecule has 0 radical (unpaired) electrons. The Morgan fingerprint density at radius 1 is 1.85 bits per heavy atom. The number of aryl methyl sites for hydroxylation is 1. The maximum atomic E-state index is 8.22. The fourth-order valence-corrected chi connectivity index (χ4v) is 0.816. The van der Waals surface area contributed by atoms with Gasteiger partial charge in [-0.25, -0.2) is 4.98 Å². The summed E-state index contributed by atoms with van der Waals surface area (Å²) in [5, 5.41) is 13.9. The van der Waals surface area contributed by atoms with E-state index in [4.69, 9.17) is 15.4 Å². The van der Waals surface area contributed by atoms with Crippen LogP contribution >= 0.6 is 0 Å². The zero-order valence-corrected chi connectivity index (χ0v) is 7.32. The van der Waals surface area contributed by atoms with Crippen molar-refractivity contribution in [2.45, 2.75) is 13.5 Å². The lowest BCUT2D eigenvalue weighted by molar-refractivity contribution is 0.316. The molecule has 1 aromatic heterocycles. The minimum absolute atomic E-state index is 0.128. The third-order valence-corrected chi connectivity index (χ3v) is 1.38. The van der Waals surface area contributed by atoms with Crippen molar-refractivity contribution in [1.29, 1.82) is 0 Å². The van der Waals surface area contributed by atoms with E-state index in [1.807, 2.05) is 6.92 Å². The third kappa shape index (κ3) is 3.12. The molecule has 0 spiro atoms. The molecule has 0 aliphatic heterocycles. The van der Waals surface area contributed by atoms with E-state index in [1.54, 1.807) is 6.20 Å². The Balaban J connectivity index is 2.28. The van der Waals surface area contributed by atoms with E-state index in [1.165, 1.54) is 0 Å². The predicted octanol–water partition coefficient (Wildman–Crippen LogP) is -0.181. The summed E-state index contributed by atoms with van der Waals surface area (Å²) in [5.74, 6) is 1.48. The first-order valence-electron chi connectivity index (χ1n) is 3.81. The summed E-state index contributed by atoms with van der Waals surface area (Å²) < 4.78 is 5.18. The van der Waals surface area contributed by atoms with Crippen LogP contribution in [0.25, 0.3) is 0 Å². The van der Waals surface area contributed by atoms with Crippen molar-refractivity contribution in [3.05, 3.63) is 17.8 Å². The van der Waals surface area contributed by atoms with Gasteiger partial charge in [0.1, 0.15) is 5.76 Å². The molecular weight excluding hydrogens is 172 g/mol. The monoisotopic (exact) mass is 184 g/mol. The lowest BCUT2D eigenvalue weighted by Crippen LogP contribution is -2.28. The fraction of sp³-hybridized carbons (Fsp3) is 0.429. The van der Waals surface area contributed by atoms with Crippen LogP contribution < -0.4 is 11.1 Å². The molecule has 72 valence electrons. The first-order valence-corrected chi connectivity index (χ1v) is 3.81. The van der Waals surface area contributed by atoms with Gasteiger partial charge in [-0.3, -0.25) is 0 Å². The van der Waals surface area contributed by atoms with E-state index in [2.05, 4.69) is 15.5 Å². The zero-order valence-electron chi connectivity index (χ0n) is 7.32. The molecule has 0 saturated carbocycles. The molecule has 0 aliphatic rings. The molecule has 1 heterocycles. The Morgan fingerprint density at radius 3 is 3.15 bits per heavy atom. The standard InChI is InChI=1S/C7H12N4O2/c1-5-2-10-7(13-5)4-9-3-6(8)11-12/h2,9,12H,3-4H2,1H3,(H2,8,11). The van der Waals surface area contributed by atoms with Crippen molar-refractivity contribution in [1.82, 2.24) is 10.3 Å². The highest BCUT2D eigenvalue weighted by atomic mass is 16.4. The topological polar surface area (TPSA) is 96.7 Å². The quantitative estimate of drug-likeness (QED) is 0.261. The molecule has 0 amide bonds. The highest BCUT2D eigenvalue weighted by Crippen LogP contribution is 1.99. The maximum absolute atomic E-state index is 8.22. The summed E-state index contributed by atoms with van der Waals surface area (Å²) in [5.41, 5.74) is 5.23. The minimum Gasteiger partial charge on any atom is -0.445 e. The average molecular weight is 184 g/mol. The Hall–Kier alpha value is -1.56. The maximum Gasteiger partial charge on any atom is 0.208 e. The number of nitrogens with two attached hydrogens (primary N) is 1. The molecule has 1 rings (SSSR count). The average Bonchev–Trinajstić information content (AvgIpc) is 2.51. The van der Waals surface area contributed by atoms with Crippen LogP contribution in [0, 0.1) is 6.92 Å². The largest absolute Gasteiger partial charge is 0.445 e. The van der Waals surface area contributed by atoms with Crippen LogP contribution in [0.5, 0.6) is 0 Å². The first-order chi connectivity index (χ1) is 6.22. The van der Waals surface area contributed by atoms with Gasteiger partial charge in [0, 0.05) is 0 Å². The first kappa shape index (κ1) is 9.53. The van der Waals surface area contributed by atoms with E-state index >= 15 is 0 Å². The Morgan fingerprint density at radius 2 is 2.62 bits per heavy atom. The molecule has 0 unspecified atom stereocenters. The summed E-state index contributed by atoms with van der Waals surface area (Å²) in [7, 11) is 0. The van der Waals surface area contributed by atoms with Gasteiger partial charge in [0.15, 0.2) is 5.84 Å². The Kier molecular flexibility index (Phi) is 3.27. The van der Waals surface area contributed by atoms with Gasteiger partial charge in [0.25, 0.3) is 0 Å². The highest BCUT2D eigenvalue weighted by Gasteiger charge is 1.99. The molecule has 6 nitrogen and oxygen atoms in total. The molecule has 0 bridgehead atoms. The van der Waals surface area contributed by atoms with Crippen LogP contribution in [0.2, 0.25) is 0 Å². The molecular formula is C7H12N4O2. The van der Waals surface area contributed by atoms with Crippen LogP contribution in [0.15, 0.2) is 15.8 Å². The molecule has 0 atom stereocenters. The molecule has 0 aliphatic carbocycles. The summed E-state index contributed by atoms with van der Waals surface area (Å²) in [6.07, 6.45) is 1.64. The lowest BCUT2D eigenvalue weighted by Gasteiger charge is -1.98. The van der Waals surface area contributed by atoms with Crippen molar-refractivity contribution in [2.75, 3.05) is 6.54 Å². The molecule has 4 N–H and O–H groups in total. The van der Waals surface area contributed by atoms with Crippen molar-refractivity contribution >= 4 is 5.84 Å². The second-order valence-corrected chi connectivity index (χ2v) is 2.56. The van der Waals surface area contributed by atoms with Crippen molar-refractivity contribution in [2.24, 2.45) is 10.9 Å². The second kappa shape index (κ2) is 4.46. The number of hydrogen-bond donors (Lipinski definition) is 3. The van der Waals surface area contributed by atoms with Gasteiger partial charge in [-0.1, -0.05) is 5.16 Å². The Labute approximate surface area is 75.4 Å². The normalized spacial score (nSPS) is 11.9. The van der Waals surface area contributed by atoms with Gasteiger partial charge in [-0.2, -0.15) is 0 Å². The molecule has 13 heavy (non-hydrogen) atoms. The third-order valence-electron chi connectivity index (χ3n) is 1.38. The number of aromatic nitrogens is 1. The van der Waals surface area contributed by atoms with Crippen LogP contribution in [-0.2, 0) is 6.54 Å². The van der Waals surface area contributed by atoms with Gasteiger partial charge >= 0.3 is 0 Å². The zero-order chi connectivity index (χ0) is 9.68.